The highest BCUT2D eigenvalue weighted by molar-refractivity contribution is 7.99. The number of thiophene rings is 1. The number of hydrogen-bond donors (Lipinski definition) is 3. The van der Waals surface area contributed by atoms with Crippen molar-refractivity contribution in [1.82, 2.24) is 5.32 Å². The van der Waals surface area contributed by atoms with Crippen LogP contribution in [0.3, 0.4) is 0 Å². The number of nitrogens with two attached hydrogens (primary N) is 1. The molecule has 0 spiro atoms. The monoisotopic (exact) mass is 274 g/mol. The summed E-state index contributed by atoms with van der Waals surface area (Å²) >= 11 is 3.12. The topological polar surface area (TPSA) is 92.4 Å². The van der Waals surface area contributed by atoms with E-state index in [9.17, 15) is 9.59 Å². The smallest absolute Gasteiger partial charge is 0.248 e. The number of amides is 2. The molecule has 0 radical (unpaired) electrons. The van der Waals surface area contributed by atoms with Gasteiger partial charge in [-0.05, 0) is 11.4 Å². The number of rotatable bonds is 7. The number of carbonyl (C=O) groups excluding carboxylic acids is 2. The van der Waals surface area contributed by atoms with Gasteiger partial charge in [-0.2, -0.15) is 0 Å². The van der Waals surface area contributed by atoms with E-state index in [0.29, 0.717) is 5.75 Å². The lowest BCUT2D eigenvalue weighted by molar-refractivity contribution is -0.126. The SMILES string of the molecule is NC(=O)C(O)CNC(=O)CSCc1cccs1. The van der Waals surface area contributed by atoms with E-state index < -0.39 is 12.0 Å². The molecular weight excluding hydrogens is 260 g/mol. The summed E-state index contributed by atoms with van der Waals surface area (Å²) in [4.78, 5) is 23.0. The van der Waals surface area contributed by atoms with E-state index in [-0.39, 0.29) is 12.5 Å². The average molecular weight is 274 g/mol. The van der Waals surface area contributed by atoms with Gasteiger partial charge in [-0.15, -0.1) is 23.1 Å². The van der Waals surface area contributed by atoms with Crippen LogP contribution in [0.4, 0.5) is 0 Å². The summed E-state index contributed by atoms with van der Waals surface area (Å²) < 4.78 is 0. The molecule has 4 N–H and O–H groups in total. The Labute approximate surface area is 107 Å². The Kier molecular flexibility index (Phi) is 6.03. The lowest BCUT2D eigenvalue weighted by Gasteiger charge is -2.07. The van der Waals surface area contributed by atoms with Gasteiger partial charge in [0.2, 0.25) is 11.8 Å². The minimum absolute atomic E-state index is 0.131. The van der Waals surface area contributed by atoms with Crippen LogP contribution in [0.5, 0.6) is 0 Å². The molecule has 2 amide bonds. The maximum atomic E-state index is 11.3. The van der Waals surface area contributed by atoms with Crippen LogP contribution in [0.25, 0.3) is 0 Å². The number of thioether (sulfide) groups is 1. The molecule has 0 aliphatic carbocycles. The molecule has 1 rings (SSSR count). The summed E-state index contributed by atoms with van der Waals surface area (Å²) in [5, 5.41) is 13.5. The summed E-state index contributed by atoms with van der Waals surface area (Å²) in [6.45, 7) is -0.131. The van der Waals surface area contributed by atoms with Gasteiger partial charge in [0.15, 0.2) is 0 Å². The summed E-state index contributed by atoms with van der Waals surface area (Å²) in [5.41, 5.74) is 4.84. The number of primary amides is 1. The third-order valence-electron chi connectivity index (χ3n) is 1.88. The molecule has 0 saturated heterocycles. The Bertz CT molecular complexity index is 368. The van der Waals surface area contributed by atoms with Crippen LogP contribution >= 0.6 is 23.1 Å². The normalized spacial score (nSPS) is 12.1. The molecule has 1 aromatic rings. The molecule has 7 heteroatoms. The van der Waals surface area contributed by atoms with Gasteiger partial charge in [0.1, 0.15) is 6.10 Å². The van der Waals surface area contributed by atoms with E-state index in [1.54, 1.807) is 11.3 Å². The maximum Gasteiger partial charge on any atom is 0.248 e. The lowest BCUT2D eigenvalue weighted by Crippen LogP contribution is -2.40. The van der Waals surface area contributed by atoms with Crippen molar-refractivity contribution in [2.45, 2.75) is 11.9 Å². The zero-order valence-electron chi connectivity index (χ0n) is 9.09. The van der Waals surface area contributed by atoms with Crippen molar-refractivity contribution in [2.75, 3.05) is 12.3 Å². The van der Waals surface area contributed by atoms with Crippen LogP contribution in [0.2, 0.25) is 0 Å². The largest absolute Gasteiger partial charge is 0.381 e. The number of aliphatic hydroxyl groups excluding tert-OH is 1. The first-order valence-electron chi connectivity index (χ1n) is 4.94. The van der Waals surface area contributed by atoms with E-state index in [0.717, 1.165) is 5.75 Å². The molecule has 0 saturated carbocycles. The van der Waals surface area contributed by atoms with Crippen molar-refractivity contribution in [1.29, 1.82) is 0 Å². The van der Waals surface area contributed by atoms with E-state index in [4.69, 9.17) is 10.8 Å². The van der Waals surface area contributed by atoms with Crippen LogP contribution < -0.4 is 11.1 Å². The van der Waals surface area contributed by atoms with Crippen molar-refractivity contribution in [3.63, 3.8) is 0 Å². The highest BCUT2D eigenvalue weighted by Crippen LogP contribution is 2.16. The Hall–Kier alpha value is -1.05. The highest BCUT2D eigenvalue weighted by atomic mass is 32.2. The van der Waals surface area contributed by atoms with Crippen molar-refractivity contribution >= 4 is 34.9 Å². The second-order valence-electron chi connectivity index (χ2n) is 3.29. The molecule has 0 aromatic carbocycles. The fraction of sp³-hybridized carbons (Fsp3) is 0.400. The number of carbonyl (C=O) groups is 2. The predicted octanol–water partition coefficient (Wildman–Crippen LogP) is -0.0563. The minimum atomic E-state index is -1.32. The van der Waals surface area contributed by atoms with Crippen molar-refractivity contribution in [2.24, 2.45) is 5.73 Å². The van der Waals surface area contributed by atoms with E-state index in [1.165, 1.54) is 16.6 Å². The zero-order valence-corrected chi connectivity index (χ0v) is 10.7. The van der Waals surface area contributed by atoms with E-state index in [1.807, 2.05) is 17.5 Å². The zero-order chi connectivity index (χ0) is 12.7. The van der Waals surface area contributed by atoms with Gasteiger partial charge in [0, 0.05) is 10.6 Å². The van der Waals surface area contributed by atoms with Gasteiger partial charge in [0.05, 0.1) is 12.3 Å². The van der Waals surface area contributed by atoms with Crippen LogP contribution in [-0.2, 0) is 15.3 Å². The van der Waals surface area contributed by atoms with Crippen molar-refractivity contribution < 1.29 is 14.7 Å². The first-order valence-corrected chi connectivity index (χ1v) is 6.97. The molecule has 0 fully saturated rings. The highest BCUT2D eigenvalue weighted by Gasteiger charge is 2.11. The standard InChI is InChI=1S/C10H14N2O3S2/c11-10(15)8(13)4-12-9(14)6-16-5-7-2-1-3-17-7/h1-3,8,13H,4-6H2,(H2,11,15)(H,12,14). The summed E-state index contributed by atoms with van der Waals surface area (Å²) in [7, 11) is 0. The van der Waals surface area contributed by atoms with Crippen LogP contribution in [0.1, 0.15) is 4.88 Å². The van der Waals surface area contributed by atoms with Crippen molar-refractivity contribution in [3.05, 3.63) is 22.4 Å². The average Bonchev–Trinajstić information content (AvgIpc) is 2.78. The van der Waals surface area contributed by atoms with E-state index in [2.05, 4.69) is 5.32 Å². The molecule has 1 heterocycles. The third-order valence-corrected chi connectivity index (χ3v) is 3.92. The van der Waals surface area contributed by atoms with Gasteiger partial charge < -0.3 is 16.2 Å². The summed E-state index contributed by atoms with van der Waals surface area (Å²) in [6, 6.07) is 3.97. The maximum absolute atomic E-state index is 11.3. The van der Waals surface area contributed by atoms with E-state index >= 15 is 0 Å². The fourth-order valence-electron chi connectivity index (χ4n) is 1.00. The molecule has 94 valence electrons. The van der Waals surface area contributed by atoms with Gasteiger partial charge in [-0.25, -0.2) is 0 Å². The molecular formula is C10H14N2O3S2. The Morgan fingerprint density at radius 3 is 2.94 bits per heavy atom. The van der Waals surface area contributed by atoms with Gasteiger partial charge >= 0.3 is 0 Å². The van der Waals surface area contributed by atoms with Gasteiger partial charge in [-0.3, -0.25) is 9.59 Å². The van der Waals surface area contributed by atoms with Crippen LogP contribution in [0.15, 0.2) is 17.5 Å². The lowest BCUT2D eigenvalue weighted by atomic mass is 10.3. The summed E-state index contributed by atoms with van der Waals surface area (Å²) in [6.07, 6.45) is -1.32. The molecule has 0 aliphatic rings. The third kappa shape index (κ3) is 5.71. The molecule has 5 nitrogen and oxygen atoms in total. The first kappa shape index (κ1) is 14.0. The van der Waals surface area contributed by atoms with Crippen LogP contribution in [-0.4, -0.2) is 35.3 Å². The number of hydrogen-bond acceptors (Lipinski definition) is 5. The number of nitrogens with one attached hydrogen (secondary N) is 1. The molecule has 0 bridgehead atoms. The Balaban J connectivity index is 2.11. The molecule has 17 heavy (non-hydrogen) atoms. The van der Waals surface area contributed by atoms with Gasteiger partial charge in [-0.1, -0.05) is 6.07 Å². The minimum Gasteiger partial charge on any atom is -0.381 e. The second-order valence-corrected chi connectivity index (χ2v) is 5.31. The molecule has 0 aliphatic heterocycles. The molecule has 1 unspecified atom stereocenters. The van der Waals surface area contributed by atoms with Crippen molar-refractivity contribution in [3.8, 4) is 0 Å². The Morgan fingerprint density at radius 2 is 2.35 bits per heavy atom. The second kappa shape index (κ2) is 7.31. The van der Waals surface area contributed by atoms with Crippen LogP contribution in [0, 0.1) is 0 Å². The number of aliphatic hydroxyl groups is 1. The quantitative estimate of drug-likeness (QED) is 0.649. The van der Waals surface area contributed by atoms with Gasteiger partial charge in [0.25, 0.3) is 0 Å². The fourth-order valence-corrected chi connectivity index (χ4v) is 2.70. The predicted molar refractivity (Wildman–Crippen MR) is 68.7 cm³/mol. The molecule has 1 atom stereocenters. The molecule has 1 aromatic heterocycles. The summed E-state index contributed by atoms with van der Waals surface area (Å²) in [5.74, 6) is 0.0238. The first-order chi connectivity index (χ1) is 8.09. The Morgan fingerprint density at radius 1 is 1.59 bits per heavy atom.